The van der Waals surface area contributed by atoms with Crippen molar-refractivity contribution < 1.29 is 0 Å². The van der Waals surface area contributed by atoms with Crippen molar-refractivity contribution in [3.63, 3.8) is 0 Å². The van der Waals surface area contributed by atoms with Crippen LogP contribution in [0, 0.1) is 0 Å². The number of H-pyrrole nitrogens is 1. The monoisotopic (exact) mass is 309 g/mol. The van der Waals surface area contributed by atoms with Gasteiger partial charge in [0.1, 0.15) is 0 Å². The van der Waals surface area contributed by atoms with Gasteiger partial charge in [-0.15, -0.1) is 0 Å². The van der Waals surface area contributed by atoms with Crippen molar-refractivity contribution in [1.82, 2.24) is 19.5 Å². The number of nitrogens with two attached hydrogens (primary N) is 1. The van der Waals surface area contributed by atoms with Crippen LogP contribution in [0.4, 0.5) is 5.95 Å². The molecule has 2 heterocycles. The summed E-state index contributed by atoms with van der Waals surface area (Å²) in [4.78, 5) is 23.9. The maximum atomic E-state index is 12.8. The van der Waals surface area contributed by atoms with Gasteiger partial charge in [0.15, 0.2) is 11.2 Å². The number of hydrogen-bond donors (Lipinski definition) is 2. The number of fused-ring (bicyclic) bond motifs is 2. The Kier molecular flexibility index (Phi) is 3.18. The molecule has 0 spiro atoms. The van der Waals surface area contributed by atoms with Gasteiger partial charge < -0.3 is 10.7 Å². The molecule has 1 unspecified atom stereocenters. The summed E-state index contributed by atoms with van der Waals surface area (Å²) in [5.74, 6) is 0.204. The van der Waals surface area contributed by atoms with Gasteiger partial charge >= 0.3 is 0 Å². The van der Waals surface area contributed by atoms with Crippen molar-refractivity contribution in [2.75, 3.05) is 5.73 Å². The Labute approximate surface area is 133 Å². The molecular weight excluding hydrogens is 290 g/mol. The van der Waals surface area contributed by atoms with E-state index in [0.29, 0.717) is 11.2 Å². The van der Waals surface area contributed by atoms with Gasteiger partial charge in [-0.2, -0.15) is 4.98 Å². The highest BCUT2D eigenvalue weighted by Crippen LogP contribution is 2.30. The van der Waals surface area contributed by atoms with Crippen LogP contribution in [0.1, 0.15) is 42.5 Å². The highest BCUT2D eigenvalue weighted by atomic mass is 16.1. The van der Waals surface area contributed by atoms with Crippen LogP contribution in [-0.4, -0.2) is 19.5 Å². The number of benzene rings is 1. The normalized spacial score (nSPS) is 15.5. The van der Waals surface area contributed by atoms with Gasteiger partial charge in [0.2, 0.25) is 5.95 Å². The molecule has 4 rings (SSSR count). The molecule has 1 aliphatic rings. The molecule has 3 aromatic rings. The van der Waals surface area contributed by atoms with E-state index in [1.165, 1.54) is 30.3 Å². The Hall–Kier alpha value is -2.63. The van der Waals surface area contributed by atoms with E-state index in [4.69, 9.17) is 5.73 Å². The van der Waals surface area contributed by atoms with Crippen LogP contribution >= 0.6 is 0 Å². The van der Waals surface area contributed by atoms with E-state index >= 15 is 0 Å². The maximum absolute atomic E-state index is 12.8. The largest absolute Gasteiger partial charge is 0.369 e. The Morgan fingerprint density at radius 2 is 2.13 bits per heavy atom. The van der Waals surface area contributed by atoms with Gasteiger partial charge in [-0.1, -0.05) is 18.2 Å². The lowest BCUT2D eigenvalue weighted by Crippen LogP contribution is -2.28. The van der Waals surface area contributed by atoms with Crippen LogP contribution in [0.3, 0.4) is 0 Å². The lowest BCUT2D eigenvalue weighted by Gasteiger charge is -2.24. The number of imidazole rings is 1. The average molecular weight is 309 g/mol. The molecular formula is C17H19N5O. The molecule has 6 nitrogen and oxygen atoms in total. The summed E-state index contributed by atoms with van der Waals surface area (Å²) < 4.78 is 1.56. The van der Waals surface area contributed by atoms with Gasteiger partial charge in [-0.25, -0.2) is 4.98 Å². The second kappa shape index (κ2) is 5.22. The average Bonchev–Trinajstić information content (AvgIpc) is 3.02. The SMILES string of the molecule is CC(c1cccc2c1CCCC2)n1c(N)nc2nc[nH]c2c1=O. The molecule has 1 aromatic carbocycles. The lowest BCUT2D eigenvalue weighted by atomic mass is 9.86. The van der Waals surface area contributed by atoms with Crippen molar-refractivity contribution in [2.24, 2.45) is 0 Å². The zero-order chi connectivity index (χ0) is 16.0. The third kappa shape index (κ3) is 2.13. The van der Waals surface area contributed by atoms with E-state index in [1.54, 1.807) is 4.57 Å². The summed E-state index contributed by atoms with van der Waals surface area (Å²) in [6.45, 7) is 2.01. The van der Waals surface area contributed by atoms with E-state index in [2.05, 4.69) is 33.2 Å². The molecule has 3 N–H and O–H groups in total. The zero-order valence-electron chi connectivity index (χ0n) is 13.0. The number of anilines is 1. The molecule has 0 radical (unpaired) electrons. The van der Waals surface area contributed by atoms with Gasteiger partial charge in [0.05, 0.1) is 12.4 Å². The molecule has 118 valence electrons. The minimum atomic E-state index is -0.175. The molecule has 0 bridgehead atoms. The topological polar surface area (TPSA) is 89.6 Å². The first kappa shape index (κ1) is 14.0. The van der Waals surface area contributed by atoms with Gasteiger partial charge in [0.25, 0.3) is 5.56 Å². The van der Waals surface area contributed by atoms with Crippen LogP contribution in [0.15, 0.2) is 29.3 Å². The minimum absolute atomic E-state index is 0.157. The second-order valence-corrected chi connectivity index (χ2v) is 6.11. The first-order chi connectivity index (χ1) is 11.2. The molecule has 0 saturated heterocycles. The lowest BCUT2D eigenvalue weighted by molar-refractivity contribution is 0.597. The molecule has 0 fully saturated rings. The molecule has 6 heteroatoms. The first-order valence-electron chi connectivity index (χ1n) is 7.98. The molecule has 0 amide bonds. The number of nitrogens with zero attached hydrogens (tertiary/aromatic N) is 3. The molecule has 23 heavy (non-hydrogen) atoms. The Morgan fingerprint density at radius 1 is 1.30 bits per heavy atom. The van der Waals surface area contributed by atoms with Crippen LogP contribution in [0.5, 0.6) is 0 Å². The smallest absolute Gasteiger partial charge is 0.281 e. The number of aromatic amines is 1. The predicted octanol–water partition coefficient (Wildman–Crippen LogP) is 2.19. The Bertz CT molecular complexity index is 940. The summed E-state index contributed by atoms with van der Waals surface area (Å²) in [5.41, 5.74) is 10.6. The summed E-state index contributed by atoms with van der Waals surface area (Å²) in [6, 6.07) is 6.19. The van der Waals surface area contributed by atoms with Crippen LogP contribution in [0.2, 0.25) is 0 Å². The maximum Gasteiger partial charge on any atom is 0.281 e. The van der Waals surface area contributed by atoms with E-state index in [9.17, 15) is 4.79 Å². The third-order valence-electron chi connectivity index (χ3n) is 4.79. The molecule has 2 aromatic heterocycles. The number of nitrogen functional groups attached to an aromatic ring is 1. The summed E-state index contributed by atoms with van der Waals surface area (Å²) in [5, 5.41) is 0. The summed E-state index contributed by atoms with van der Waals surface area (Å²) in [7, 11) is 0. The number of aryl methyl sites for hydroxylation is 1. The van der Waals surface area contributed by atoms with Crippen LogP contribution in [0.25, 0.3) is 11.2 Å². The number of nitrogens with one attached hydrogen (secondary N) is 1. The van der Waals surface area contributed by atoms with Crippen molar-refractivity contribution in [2.45, 2.75) is 38.6 Å². The fraction of sp³-hybridized carbons (Fsp3) is 0.353. The van der Waals surface area contributed by atoms with Gasteiger partial charge in [-0.3, -0.25) is 9.36 Å². The quantitative estimate of drug-likeness (QED) is 0.759. The molecule has 1 atom stereocenters. The Morgan fingerprint density at radius 3 is 3.00 bits per heavy atom. The fourth-order valence-electron chi connectivity index (χ4n) is 3.63. The highest BCUT2D eigenvalue weighted by molar-refractivity contribution is 5.69. The molecule has 1 aliphatic carbocycles. The number of hydrogen-bond acceptors (Lipinski definition) is 4. The fourth-order valence-corrected chi connectivity index (χ4v) is 3.63. The summed E-state index contributed by atoms with van der Waals surface area (Å²) >= 11 is 0. The van der Waals surface area contributed by atoms with Crippen molar-refractivity contribution >= 4 is 17.1 Å². The second-order valence-electron chi connectivity index (χ2n) is 6.11. The minimum Gasteiger partial charge on any atom is -0.369 e. The van der Waals surface area contributed by atoms with E-state index in [1.807, 2.05) is 6.92 Å². The van der Waals surface area contributed by atoms with Crippen LogP contribution < -0.4 is 11.3 Å². The van der Waals surface area contributed by atoms with Crippen molar-refractivity contribution in [3.05, 3.63) is 51.6 Å². The standard InChI is InChI=1S/C17H19N5O/c1-10(12-8-4-6-11-5-2-3-7-13(11)12)22-16(23)14-15(20-9-19-14)21-17(22)18/h4,6,8-10H,2-3,5,7H2,1H3,(H2,18,21)(H,19,20). The van der Waals surface area contributed by atoms with E-state index < -0.39 is 0 Å². The van der Waals surface area contributed by atoms with Gasteiger partial charge in [0, 0.05) is 0 Å². The van der Waals surface area contributed by atoms with E-state index in [-0.39, 0.29) is 17.5 Å². The number of aromatic nitrogens is 4. The molecule has 0 saturated carbocycles. The third-order valence-corrected chi connectivity index (χ3v) is 4.79. The summed E-state index contributed by atoms with van der Waals surface area (Å²) in [6.07, 6.45) is 6.06. The molecule has 0 aliphatic heterocycles. The van der Waals surface area contributed by atoms with Crippen molar-refractivity contribution in [3.8, 4) is 0 Å². The van der Waals surface area contributed by atoms with E-state index in [0.717, 1.165) is 18.4 Å². The van der Waals surface area contributed by atoms with Crippen molar-refractivity contribution in [1.29, 1.82) is 0 Å². The predicted molar refractivity (Wildman–Crippen MR) is 89.5 cm³/mol. The number of rotatable bonds is 2. The zero-order valence-corrected chi connectivity index (χ0v) is 13.0. The first-order valence-corrected chi connectivity index (χ1v) is 7.98. The van der Waals surface area contributed by atoms with Gasteiger partial charge in [-0.05, 0) is 49.3 Å². The highest BCUT2D eigenvalue weighted by Gasteiger charge is 2.21. The Balaban J connectivity index is 1.90. The van der Waals surface area contributed by atoms with Crippen LogP contribution in [-0.2, 0) is 12.8 Å².